The number of aromatic nitrogens is 4. The van der Waals surface area contributed by atoms with Crippen LogP contribution in [0, 0.1) is 0 Å². The Morgan fingerprint density at radius 3 is 2.67 bits per heavy atom. The average molecular weight is 512 g/mol. The van der Waals surface area contributed by atoms with Gasteiger partial charge in [-0.25, -0.2) is 9.50 Å². The van der Waals surface area contributed by atoms with Gasteiger partial charge in [-0.1, -0.05) is 46.7 Å². The first-order valence-electron chi connectivity index (χ1n) is 9.45. The average Bonchev–Trinajstić information content (AvgIpc) is 3.33. The number of hydrogen-bond acceptors (Lipinski definition) is 5. The van der Waals surface area contributed by atoms with E-state index in [0.29, 0.717) is 33.3 Å². The molecule has 0 aliphatic rings. The Morgan fingerprint density at radius 1 is 1.21 bits per heavy atom. The van der Waals surface area contributed by atoms with Crippen molar-refractivity contribution >= 4 is 51.5 Å². The number of rotatable bonds is 5. The maximum atomic E-state index is 13.2. The minimum atomic E-state index is -4.62. The van der Waals surface area contributed by atoms with Crippen LogP contribution < -0.4 is 5.32 Å². The molecule has 0 spiro atoms. The SMILES string of the molecule is CC(NC(=O)/C=C/c1c(-c2ccc(Cl)c(Cl)c2)nc2sc(C(F)(F)F)nn12)c1ccccn1. The van der Waals surface area contributed by atoms with Gasteiger partial charge in [-0.05, 0) is 37.3 Å². The van der Waals surface area contributed by atoms with E-state index in [1.807, 2.05) is 0 Å². The molecule has 33 heavy (non-hydrogen) atoms. The maximum absolute atomic E-state index is 13.2. The van der Waals surface area contributed by atoms with E-state index in [4.69, 9.17) is 23.2 Å². The summed E-state index contributed by atoms with van der Waals surface area (Å²) >= 11 is 12.5. The standard InChI is InChI=1S/C21H14Cl2F3N5OS/c1-11(15-4-2-3-9-27-15)28-17(32)8-7-16-18(12-5-6-13(22)14(23)10-12)29-20-31(16)30-19(33-20)21(24,25)26/h2-11H,1H3,(H,28,32)/b8-7+. The molecule has 0 bridgehead atoms. The Hall–Kier alpha value is -2.95. The third kappa shape index (κ3) is 5.02. The molecule has 0 saturated heterocycles. The van der Waals surface area contributed by atoms with Crippen molar-refractivity contribution in [3.8, 4) is 11.3 Å². The monoisotopic (exact) mass is 511 g/mol. The van der Waals surface area contributed by atoms with Gasteiger partial charge in [-0.2, -0.15) is 13.2 Å². The van der Waals surface area contributed by atoms with Crippen molar-refractivity contribution in [3.05, 3.63) is 75.1 Å². The molecule has 4 rings (SSSR count). The molecule has 1 amide bonds. The third-order valence-corrected chi connectivity index (χ3v) is 6.25. The van der Waals surface area contributed by atoms with Crippen LogP contribution >= 0.6 is 34.5 Å². The number of alkyl halides is 3. The Morgan fingerprint density at radius 2 is 2.00 bits per heavy atom. The van der Waals surface area contributed by atoms with E-state index in [0.717, 1.165) is 4.52 Å². The zero-order valence-corrected chi connectivity index (χ0v) is 19.1. The molecular formula is C21H14Cl2F3N5OS. The number of hydrogen-bond donors (Lipinski definition) is 1. The third-order valence-electron chi connectivity index (χ3n) is 4.56. The zero-order valence-electron chi connectivity index (χ0n) is 16.8. The summed E-state index contributed by atoms with van der Waals surface area (Å²) in [4.78, 5) is 21.0. The largest absolute Gasteiger partial charge is 0.445 e. The van der Waals surface area contributed by atoms with Gasteiger partial charge in [0.15, 0.2) is 0 Å². The van der Waals surface area contributed by atoms with Crippen LogP contribution in [0.3, 0.4) is 0 Å². The summed E-state index contributed by atoms with van der Waals surface area (Å²) in [5.74, 6) is -0.463. The van der Waals surface area contributed by atoms with Crippen LogP contribution in [0.1, 0.15) is 29.4 Å². The first-order valence-corrected chi connectivity index (χ1v) is 11.0. The van der Waals surface area contributed by atoms with Gasteiger partial charge in [0.1, 0.15) is 0 Å². The lowest BCUT2D eigenvalue weighted by atomic mass is 10.1. The fraction of sp³-hybridized carbons (Fsp3) is 0.143. The van der Waals surface area contributed by atoms with Crippen molar-refractivity contribution in [1.82, 2.24) is 24.9 Å². The second-order valence-corrected chi connectivity index (χ2v) is 8.66. The summed E-state index contributed by atoms with van der Waals surface area (Å²) in [6.07, 6.45) is -0.443. The molecule has 1 atom stereocenters. The molecule has 0 saturated carbocycles. The van der Waals surface area contributed by atoms with E-state index in [9.17, 15) is 18.0 Å². The van der Waals surface area contributed by atoms with Gasteiger partial charge >= 0.3 is 6.18 Å². The maximum Gasteiger partial charge on any atom is 0.445 e. The normalized spacial score (nSPS) is 13.0. The van der Waals surface area contributed by atoms with Gasteiger partial charge in [0.25, 0.3) is 0 Å². The van der Waals surface area contributed by atoms with Crippen molar-refractivity contribution in [1.29, 1.82) is 0 Å². The number of carbonyl (C=O) groups is 1. The Bertz CT molecular complexity index is 1350. The number of nitrogens with zero attached hydrogens (tertiary/aromatic N) is 4. The van der Waals surface area contributed by atoms with Gasteiger partial charge in [0.2, 0.25) is 15.9 Å². The van der Waals surface area contributed by atoms with Crippen molar-refractivity contribution in [2.75, 3.05) is 0 Å². The van der Waals surface area contributed by atoms with E-state index >= 15 is 0 Å². The van der Waals surface area contributed by atoms with Crippen LogP contribution in [-0.4, -0.2) is 25.5 Å². The number of imidazole rings is 1. The molecule has 0 radical (unpaired) electrons. The lowest BCUT2D eigenvalue weighted by Crippen LogP contribution is -2.25. The van der Waals surface area contributed by atoms with E-state index in [-0.39, 0.29) is 21.7 Å². The topological polar surface area (TPSA) is 72.2 Å². The quantitative estimate of drug-likeness (QED) is 0.330. The molecule has 3 aromatic heterocycles. The summed E-state index contributed by atoms with van der Waals surface area (Å²) in [6.45, 7) is 1.77. The molecule has 6 nitrogen and oxygen atoms in total. The fourth-order valence-corrected chi connectivity index (χ4v) is 4.08. The molecule has 170 valence electrons. The smallest absolute Gasteiger partial charge is 0.344 e. The fourth-order valence-electron chi connectivity index (χ4n) is 3.01. The number of nitrogens with one attached hydrogen (secondary N) is 1. The zero-order chi connectivity index (χ0) is 23.8. The lowest BCUT2D eigenvalue weighted by molar-refractivity contribution is -0.138. The van der Waals surface area contributed by atoms with Gasteiger partial charge < -0.3 is 5.32 Å². The molecular weight excluding hydrogens is 498 g/mol. The highest BCUT2D eigenvalue weighted by Crippen LogP contribution is 2.36. The van der Waals surface area contributed by atoms with Crippen molar-refractivity contribution < 1.29 is 18.0 Å². The van der Waals surface area contributed by atoms with Crippen molar-refractivity contribution in [2.24, 2.45) is 0 Å². The predicted octanol–water partition coefficient (Wildman–Crippen LogP) is 6.07. The minimum absolute atomic E-state index is 0.0188. The summed E-state index contributed by atoms with van der Waals surface area (Å²) in [5.41, 5.74) is 1.67. The number of halogens is 5. The van der Waals surface area contributed by atoms with Gasteiger partial charge in [0, 0.05) is 17.8 Å². The van der Waals surface area contributed by atoms with Gasteiger partial charge in [0.05, 0.1) is 33.2 Å². The van der Waals surface area contributed by atoms with Crippen molar-refractivity contribution in [2.45, 2.75) is 19.1 Å². The molecule has 0 aliphatic heterocycles. The predicted molar refractivity (Wildman–Crippen MR) is 121 cm³/mol. The van der Waals surface area contributed by atoms with Gasteiger partial charge in [-0.3, -0.25) is 9.78 Å². The highest BCUT2D eigenvalue weighted by molar-refractivity contribution is 7.16. The van der Waals surface area contributed by atoms with Crippen LogP contribution in [0.15, 0.2) is 48.7 Å². The number of carbonyl (C=O) groups excluding carboxylic acids is 1. The van der Waals surface area contributed by atoms with E-state index in [1.54, 1.807) is 49.5 Å². The second kappa shape index (κ2) is 9.12. The molecule has 3 heterocycles. The molecule has 0 fully saturated rings. The van der Waals surface area contributed by atoms with E-state index in [2.05, 4.69) is 20.4 Å². The Labute approximate surface area is 199 Å². The molecule has 1 N–H and O–H groups in total. The van der Waals surface area contributed by atoms with Crippen LogP contribution in [0.4, 0.5) is 13.2 Å². The van der Waals surface area contributed by atoms with E-state index < -0.39 is 17.1 Å². The number of pyridine rings is 1. The molecule has 4 aromatic rings. The number of fused-ring (bicyclic) bond motifs is 1. The Kier molecular flexibility index (Phi) is 6.42. The highest BCUT2D eigenvalue weighted by atomic mass is 35.5. The lowest BCUT2D eigenvalue weighted by Gasteiger charge is -2.11. The molecule has 12 heteroatoms. The van der Waals surface area contributed by atoms with Crippen LogP contribution in [-0.2, 0) is 11.0 Å². The van der Waals surface area contributed by atoms with Crippen LogP contribution in [0.25, 0.3) is 22.3 Å². The molecule has 1 unspecified atom stereocenters. The number of amides is 1. The molecule has 1 aromatic carbocycles. The Balaban J connectivity index is 1.71. The highest BCUT2D eigenvalue weighted by Gasteiger charge is 2.36. The van der Waals surface area contributed by atoms with Crippen LogP contribution in [0.5, 0.6) is 0 Å². The second-order valence-electron chi connectivity index (χ2n) is 6.89. The van der Waals surface area contributed by atoms with Gasteiger partial charge in [-0.15, -0.1) is 5.10 Å². The van der Waals surface area contributed by atoms with Crippen molar-refractivity contribution in [3.63, 3.8) is 0 Å². The summed E-state index contributed by atoms with van der Waals surface area (Å²) in [7, 11) is 0. The summed E-state index contributed by atoms with van der Waals surface area (Å²) < 4.78 is 40.5. The first kappa shape index (κ1) is 23.2. The summed E-state index contributed by atoms with van der Waals surface area (Å²) in [5, 5.41) is 5.94. The minimum Gasteiger partial charge on any atom is -0.344 e. The first-order chi connectivity index (χ1) is 15.6. The number of benzene rings is 1. The van der Waals surface area contributed by atoms with Crippen LogP contribution in [0.2, 0.25) is 10.0 Å². The summed E-state index contributed by atoms with van der Waals surface area (Å²) in [6, 6.07) is 9.68. The van der Waals surface area contributed by atoms with E-state index in [1.165, 1.54) is 12.2 Å². The molecule has 0 aliphatic carbocycles.